The number of ether oxygens (including phenoxy) is 3. The molecular weight excluding hydrogens is 847 g/mol. The molecule has 3 saturated heterocycles. The molecule has 12 rings (SSSR count). The van der Waals surface area contributed by atoms with Gasteiger partial charge in [-0.3, -0.25) is 9.59 Å². The van der Waals surface area contributed by atoms with Gasteiger partial charge in [0.05, 0.1) is 37.4 Å². The zero-order valence-corrected chi connectivity index (χ0v) is 36.5. The van der Waals surface area contributed by atoms with Gasteiger partial charge in [-0.1, -0.05) is 71.7 Å². The van der Waals surface area contributed by atoms with Crippen molar-refractivity contribution >= 4 is 47.2 Å². The Morgan fingerprint density at radius 1 is 0.651 bits per heavy atom. The van der Waals surface area contributed by atoms with Gasteiger partial charge in [0, 0.05) is 35.2 Å². The SMILES string of the molecule is COC(=O)N[C@H](C(=O)N1[C@H](c2nc(-c3ccc(-c4ccc(-c5nc([C@@H]6CC78CC7(C8)N6C(=O)[C@@H](NC(=O)OC)C6CC6)[nH]c5Cl)cc4)cc3)c(Cl)[nH]2)CC23CC12C3)C1CCOCC1. The Balaban J connectivity index is 0.752. The minimum Gasteiger partial charge on any atom is -0.453 e. The summed E-state index contributed by atoms with van der Waals surface area (Å²) in [5, 5.41) is 6.50. The Morgan fingerprint density at radius 3 is 1.41 bits per heavy atom. The van der Waals surface area contributed by atoms with Gasteiger partial charge in [-0.25, -0.2) is 19.6 Å². The third kappa shape index (κ3) is 5.94. The molecule has 2 aromatic heterocycles. The van der Waals surface area contributed by atoms with E-state index in [1.807, 2.05) is 58.3 Å². The Bertz CT molecular complexity index is 2570. The summed E-state index contributed by atoms with van der Waals surface area (Å²) in [4.78, 5) is 73.9. The number of hydrogen-bond acceptors (Lipinski definition) is 9. The summed E-state index contributed by atoms with van der Waals surface area (Å²) < 4.78 is 15.4. The van der Waals surface area contributed by atoms with E-state index in [4.69, 9.17) is 47.4 Å². The van der Waals surface area contributed by atoms with E-state index in [0.717, 1.165) is 73.6 Å². The largest absolute Gasteiger partial charge is 0.453 e. The molecule has 2 aromatic carbocycles. The van der Waals surface area contributed by atoms with Crippen LogP contribution in [-0.2, 0) is 23.8 Å². The van der Waals surface area contributed by atoms with E-state index in [0.29, 0.717) is 59.4 Å². The van der Waals surface area contributed by atoms with Gasteiger partial charge in [0.15, 0.2) is 0 Å². The Morgan fingerprint density at radius 2 is 1.03 bits per heavy atom. The number of amides is 4. The second-order valence-corrected chi connectivity index (χ2v) is 20.2. The van der Waals surface area contributed by atoms with Crippen LogP contribution in [0, 0.1) is 22.7 Å². The highest BCUT2D eigenvalue weighted by atomic mass is 35.5. The van der Waals surface area contributed by atoms with Gasteiger partial charge in [-0.05, 0) is 87.2 Å². The van der Waals surface area contributed by atoms with Crippen molar-refractivity contribution in [2.24, 2.45) is 22.7 Å². The predicted molar refractivity (Wildman–Crippen MR) is 229 cm³/mol. The van der Waals surface area contributed by atoms with Gasteiger partial charge < -0.3 is 44.6 Å². The molecule has 5 aliphatic carbocycles. The van der Waals surface area contributed by atoms with Crippen molar-refractivity contribution in [1.82, 2.24) is 40.4 Å². The van der Waals surface area contributed by atoms with Crippen molar-refractivity contribution < 1.29 is 33.4 Å². The average molecular weight is 896 g/mol. The first-order valence-corrected chi connectivity index (χ1v) is 22.8. The van der Waals surface area contributed by atoms with Crippen LogP contribution in [-0.4, -0.2) is 104 Å². The summed E-state index contributed by atoms with van der Waals surface area (Å²) in [5.41, 5.74) is 4.85. The van der Waals surface area contributed by atoms with Gasteiger partial charge >= 0.3 is 12.2 Å². The molecule has 0 bridgehead atoms. The van der Waals surface area contributed by atoms with Crippen molar-refractivity contribution in [3.05, 3.63) is 70.5 Å². The number of aromatic amines is 2. The molecule has 328 valence electrons. The first-order chi connectivity index (χ1) is 30.4. The topological polar surface area (TPSA) is 184 Å². The van der Waals surface area contributed by atoms with Crippen LogP contribution < -0.4 is 10.6 Å². The van der Waals surface area contributed by atoms with Crippen LogP contribution in [0.15, 0.2) is 48.5 Å². The van der Waals surface area contributed by atoms with Gasteiger partial charge in [-0.15, -0.1) is 0 Å². The molecule has 0 radical (unpaired) electrons. The van der Waals surface area contributed by atoms with Crippen LogP contribution in [0.2, 0.25) is 10.3 Å². The first-order valence-electron chi connectivity index (χ1n) is 22.1. The lowest BCUT2D eigenvalue weighted by molar-refractivity contribution is -0.140. The number of halogens is 2. The zero-order valence-electron chi connectivity index (χ0n) is 35.0. The molecular formula is C46H48Cl2N8O7. The third-order valence-electron chi connectivity index (χ3n) is 16.1. The molecule has 63 heavy (non-hydrogen) atoms. The second-order valence-electron chi connectivity index (χ2n) is 19.4. The van der Waals surface area contributed by atoms with Crippen LogP contribution in [0.5, 0.6) is 0 Å². The summed E-state index contributed by atoms with van der Waals surface area (Å²) >= 11 is 13.7. The lowest BCUT2D eigenvalue weighted by Crippen LogP contribution is -2.55. The summed E-state index contributed by atoms with van der Waals surface area (Å²) in [7, 11) is 2.63. The number of aromatic nitrogens is 4. The third-order valence-corrected chi connectivity index (χ3v) is 16.7. The van der Waals surface area contributed by atoms with E-state index in [1.165, 1.54) is 14.2 Å². The lowest BCUT2D eigenvalue weighted by Gasteiger charge is -2.38. The average Bonchev–Trinajstić information content (AvgIpc) is 4.26. The van der Waals surface area contributed by atoms with E-state index < -0.39 is 24.3 Å². The molecule has 4 aromatic rings. The standard InChI is InChI=1S/C46H48Cl2N8O7/c1-61-41(59)51-33(27-11-12-27)39(57)55-29(17-43-19-45(43,55)20-43)37-49-31(35(47)53-37)25-7-3-23(4-8-25)24-5-9-26(10-6-24)32-36(48)54-38(50-32)30-18-44-21-46(44,22-44)56(30)40(58)34(52-42(60)62-2)28-13-15-63-16-14-28/h3-10,27-30,33-34H,11-22H2,1-2H3,(H,49,53)(H,50,54)(H,51,59)(H,52,60)/t29-,30-,33-,34-,43?,44?,45?,46?/m0/s1. The molecule has 4 amide bonds. The number of imidazole rings is 2. The number of carbonyl (C=O) groups excluding carboxylic acids is 4. The summed E-state index contributed by atoms with van der Waals surface area (Å²) in [6.07, 6.45) is 7.52. The summed E-state index contributed by atoms with van der Waals surface area (Å²) in [5.74, 6) is 1.22. The predicted octanol–water partition coefficient (Wildman–Crippen LogP) is 7.34. The number of carbonyl (C=O) groups is 4. The van der Waals surface area contributed by atoms with Crippen molar-refractivity contribution in [3.63, 3.8) is 0 Å². The van der Waals surface area contributed by atoms with E-state index in [9.17, 15) is 19.2 Å². The van der Waals surface area contributed by atoms with Crippen LogP contribution in [0.3, 0.4) is 0 Å². The number of H-pyrrole nitrogens is 2. The Kier molecular flexibility index (Phi) is 8.58. The van der Waals surface area contributed by atoms with Crippen LogP contribution in [0.4, 0.5) is 9.59 Å². The first kappa shape index (κ1) is 39.5. The normalized spacial score (nSPS) is 31.5. The molecule has 8 aliphatic rings. The second kappa shape index (κ2) is 13.7. The summed E-state index contributed by atoms with van der Waals surface area (Å²) in [6.45, 7) is 1.09. The van der Waals surface area contributed by atoms with E-state index in [1.54, 1.807) is 0 Å². The lowest BCUT2D eigenvalue weighted by atomic mass is 9.89. The molecule has 4 N–H and O–H groups in total. The van der Waals surface area contributed by atoms with E-state index in [2.05, 4.69) is 20.6 Å². The van der Waals surface area contributed by atoms with Crippen LogP contribution >= 0.6 is 23.2 Å². The number of rotatable bonds is 11. The number of methoxy groups -OCH3 is 2. The van der Waals surface area contributed by atoms with Crippen LogP contribution in [0.1, 0.15) is 87.9 Å². The fourth-order valence-corrected chi connectivity index (χ4v) is 12.7. The van der Waals surface area contributed by atoms with Crippen LogP contribution in [0.25, 0.3) is 33.6 Å². The number of hydrogen-bond donors (Lipinski definition) is 4. The maximum absolute atomic E-state index is 14.5. The van der Waals surface area contributed by atoms with Gasteiger partial charge in [-0.2, -0.15) is 0 Å². The number of nitrogens with zero attached hydrogens (tertiary/aromatic N) is 4. The quantitative estimate of drug-likeness (QED) is 0.120. The Hall–Kier alpha value is -5.12. The van der Waals surface area contributed by atoms with Crippen molar-refractivity contribution in [1.29, 1.82) is 0 Å². The molecule has 4 atom stereocenters. The number of alkyl carbamates (subject to hydrolysis) is 2. The Labute approximate surface area is 373 Å². The minimum atomic E-state index is -0.713. The molecule has 5 saturated carbocycles. The number of likely N-dealkylation sites (tertiary alicyclic amines) is 2. The number of benzene rings is 2. The highest BCUT2D eigenvalue weighted by molar-refractivity contribution is 6.32. The fourth-order valence-electron chi connectivity index (χ4n) is 12.2. The summed E-state index contributed by atoms with van der Waals surface area (Å²) in [6, 6.07) is 14.3. The zero-order chi connectivity index (χ0) is 43.2. The maximum Gasteiger partial charge on any atom is 0.407 e. The maximum atomic E-state index is 14.5. The highest BCUT2D eigenvalue weighted by Crippen LogP contribution is 2.90. The fraction of sp³-hybridized carbons (Fsp3) is 0.522. The number of nitrogens with one attached hydrogen (secondary N) is 4. The molecule has 5 heterocycles. The van der Waals surface area contributed by atoms with E-state index >= 15 is 0 Å². The van der Waals surface area contributed by atoms with E-state index in [-0.39, 0.29) is 57.6 Å². The highest BCUT2D eigenvalue weighted by Gasteiger charge is 2.92. The van der Waals surface area contributed by atoms with Gasteiger partial charge in [0.1, 0.15) is 45.4 Å². The molecule has 17 heteroatoms. The molecule has 15 nitrogen and oxygen atoms in total. The molecule has 0 spiro atoms. The van der Waals surface area contributed by atoms with Crippen molar-refractivity contribution in [2.45, 2.75) is 99.5 Å². The smallest absolute Gasteiger partial charge is 0.407 e. The van der Waals surface area contributed by atoms with Crippen molar-refractivity contribution in [2.75, 3.05) is 27.4 Å². The number of piperidine rings is 4. The molecule has 3 aliphatic heterocycles. The monoisotopic (exact) mass is 894 g/mol. The van der Waals surface area contributed by atoms with Crippen molar-refractivity contribution in [3.8, 4) is 33.6 Å². The molecule has 0 unspecified atom stereocenters. The van der Waals surface area contributed by atoms with Gasteiger partial charge in [0.2, 0.25) is 11.8 Å². The minimum absolute atomic E-state index is 0.0528. The molecule has 8 fully saturated rings. The van der Waals surface area contributed by atoms with Gasteiger partial charge in [0.25, 0.3) is 0 Å².